The number of aliphatic hydroxyl groups is 2. The number of phenolic OH excluding ortho intramolecular Hbond substituents is 1. The zero-order valence-electron chi connectivity index (χ0n) is 35.9. The first-order chi connectivity index (χ1) is 29.9. The van der Waals surface area contributed by atoms with Crippen molar-refractivity contribution in [1.29, 1.82) is 0 Å². The maximum absolute atomic E-state index is 13.9. The summed E-state index contributed by atoms with van der Waals surface area (Å²) in [6.45, 7) is 5.19. The van der Waals surface area contributed by atoms with E-state index in [4.69, 9.17) is 5.73 Å². The molecule has 2 aromatic carbocycles. The minimum Gasteiger partial charge on any atom is -0.508 e. The number of aromatic hydroxyl groups is 1. The quantitative estimate of drug-likeness (QED) is 0.0850. The van der Waals surface area contributed by atoms with Gasteiger partial charge in [0.2, 0.25) is 46.5 Å². The first kappa shape index (κ1) is 52.1. The predicted molar refractivity (Wildman–Crippen MR) is 238 cm³/mol. The van der Waals surface area contributed by atoms with Gasteiger partial charge < -0.3 is 58.3 Å². The Bertz CT molecular complexity index is 1890. The summed E-state index contributed by atoms with van der Waals surface area (Å²) in [5.41, 5.74) is 7.31. The molecule has 0 aromatic heterocycles. The van der Waals surface area contributed by atoms with Gasteiger partial charge in [0, 0.05) is 12.2 Å². The first-order valence-electron chi connectivity index (χ1n) is 20.5. The van der Waals surface area contributed by atoms with Gasteiger partial charge in [0.1, 0.15) is 42.0 Å². The number of phenols is 1. The van der Waals surface area contributed by atoms with Crippen molar-refractivity contribution in [3.8, 4) is 5.75 Å². The highest BCUT2D eigenvalue weighted by molar-refractivity contribution is 8.13. The number of nitrogens with one attached hydrogen (secondary N) is 7. The molecule has 1 fully saturated rings. The van der Waals surface area contributed by atoms with E-state index in [-0.39, 0.29) is 30.9 Å². The maximum Gasteiger partial charge on any atom is 0.245 e. The van der Waals surface area contributed by atoms with Crippen molar-refractivity contribution in [3.05, 3.63) is 65.7 Å². The van der Waals surface area contributed by atoms with Crippen LogP contribution in [0.1, 0.15) is 51.7 Å². The van der Waals surface area contributed by atoms with Crippen LogP contribution in [0.5, 0.6) is 5.75 Å². The van der Waals surface area contributed by atoms with Crippen molar-refractivity contribution in [2.24, 2.45) is 11.7 Å². The van der Waals surface area contributed by atoms with Gasteiger partial charge in [-0.3, -0.25) is 38.4 Å². The van der Waals surface area contributed by atoms with Gasteiger partial charge >= 0.3 is 0 Å². The molecule has 1 aliphatic heterocycles. The molecule has 1 unspecified atom stereocenters. The third-order valence-corrected chi connectivity index (χ3v) is 12.0. The Morgan fingerprint density at radius 2 is 1.49 bits per heavy atom. The molecule has 0 aliphatic carbocycles. The van der Waals surface area contributed by atoms with E-state index in [0.717, 1.165) is 0 Å². The van der Waals surface area contributed by atoms with Gasteiger partial charge in [0.25, 0.3) is 0 Å². The van der Waals surface area contributed by atoms with E-state index >= 15 is 0 Å². The molecule has 19 nitrogen and oxygen atoms in total. The molecule has 0 bridgehead atoms. The summed E-state index contributed by atoms with van der Waals surface area (Å²) in [6.07, 6.45) is 0.924. The molecular weight excluding hydrogens is 857 g/mol. The van der Waals surface area contributed by atoms with Crippen LogP contribution in [0.2, 0.25) is 0 Å². The number of carbonyl (C=O) groups excluding carboxylic acids is 8. The number of hydrogen-bond acceptors (Lipinski definition) is 14. The average Bonchev–Trinajstić information content (AvgIpc) is 3.25. The van der Waals surface area contributed by atoms with Crippen LogP contribution in [0, 0.1) is 5.92 Å². The Kier molecular flexibility index (Phi) is 21.3. The summed E-state index contributed by atoms with van der Waals surface area (Å²) in [5, 5.41) is 47.3. The molecule has 12 N–H and O–H groups in total. The molecule has 1 saturated heterocycles. The molecular formula is C42H60N8O11S2. The van der Waals surface area contributed by atoms with Crippen LogP contribution >= 0.6 is 23.5 Å². The van der Waals surface area contributed by atoms with Crippen LogP contribution in [0.25, 0.3) is 0 Å². The van der Waals surface area contributed by atoms with Gasteiger partial charge in [-0.15, -0.1) is 0 Å². The standard InChI is InChI=1S/C42H60N8O11S2/c1-6-22(2)33-40(59)45-29(16-17-62-5)42(61)63-21-32(39(58)44-23(3)35(54)46-30(37(56)49-33)19-25-10-8-7-9-11-25)48-41(60)34(24(4)52)50-38(57)31(20-51)47-36(55)28(43)18-26-12-14-27(53)15-13-26/h7-15,22-24,28-34,51-53H,6,16-21,43H2,1-5H3,(H,44,58)(H,45,59)(H,46,54)(H,47,55)(H,48,60)(H,49,56)(H,50,57)/t22-,23-,24+,28-,29?,30-,31-,32-,33-,34-/m0/s1. The van der Waals surface area contributed by atoms with Crippen LogP contribution in [0.4, 0.5) is 0 Å². The molecule has 10 atom stereocenters. The summed E-state index contributed by atoms with van der Waals surface area (Å²) in [7, 11) is 0. The van der Waals surface area contributed by atoms with Crippen LogP contribution in [0.15, 0.2) is 54.6 Å². The zero-order valence-corrected chi connectivity index (χ0v) is 37.6. The molecule has 1 heterocycles. The monoisotopic (exact) mass is 916 g/mol. The second kappa shape index (κ2) is 25.8. The molecule has 21 heteroatoms. The summed E-state index contributed by atoms with van der Waals surface area (Å²) in [4.78, 5) is 109. The van der Waals surface area contributed by atoms with Gasteiger partial charge in [0.05, 0.1) is 24.8 Å². The lowest BCUT2D eigenvalue weighted by Gasteiger charge is -2.30. The Morgan fingerprint density at radius 1 is 0.841 bits per heavy atom. The molecule has 0 saturated carbocycles. The third-order valence-electron chi connectivity index (χ3n) is 10.3. The van der Waals surface area contributed by atoms with E-state index in [1.807, 2.05) is 13.2 Å². The first-order valence-corrected chi connectivity index (χ1v) is 22.9. The van der Waals surface area contributed by atoms with Crippen LogP contribution < -0.4 is 43.0 Å². The number of hydrogen-bond donors (Lipinski definition) is 11. The lowest BCUT2D eigenvalue weighted by atomic mass is 9.96. The van der Waals surface area contributed by atoms with Gasteiger partial charge in [-0.05, 0) is 67.9 Å². The third kappa shape index (κ3) is 16.4. The van der Waals surface area contributed by atoms with E-state index in [1.165, 1.54) is 37.7 Å². The Morgan fingerprint density at radius 3 is 2.10 bits per heavy atom. The Hall–Kier alpha value is -5.22. The maximum atomic E-state index is 13.9. The Labute approximate surface area is 375 Å². The van der Waals surface area contributed by atoms with E-state index in [9.17, 15) is 53.7 Å². The Balaban J connectivity index is 1.89. The number of carbonyl (C=O) groups is 8. The number of benzene rings is 2. The molecule has 0 spiro atoms. The molecule has 0 radical (unpaired) electrons. The van der Waals surface area contributed by atoms with Crippen LogP contribution in [-0.4, -0.2) is 141 Å². The van der Waals surface area contributed by atoms with Crippen LogP contribution in [0.3, 0.4) is 0 Å². The highest BCUT2D eigenvalue weighted by Gasteiger charge is 2.37. The van der Waals surface area contributed by atoms with Crippen LogP contribution in [-0.2, 0) is 51.2 Å². The number of thioether (sulfide) groups is 2. The molecule has 3 rings (SSSR count). The summed E-state index contributed by atoms with van der Waals surface area (Å²) < 4.78 is 0. The average molecular weight is 917 g/mol. The summed E-state index contributed by atoms with van der Waals surface area (Å²) in [6, 6.07) is 3.91. The van der Waals surface area contributed by atoms with E-state index in [1.54, 1.807) is 49.4 Å². The van der Waals surface area contributed by atoms with Crippen molar-refractivity contribution in [3.63, 3.8) is 0 Å². The number of amides is 7. The van der Waals surface area contributed by atoms with Gasteiger partial charge in [-0.2, -0.15) is 11.8 Å². The van der Waals surface area contributed by atoms with Crippen molar-refractivity contribution >= 4 is 70.0 Å². The minimum absolute atomic E-state index is 0.00756. The fourth-order valence-electron chi connectivity index (χ4n) is 6.26. The number of aliphatic hydroxyl groups excluding tert-OH is 2. The zero-order chi connectivity index (χ0) is 46.8. The second-order valence-corrected chi connectivity index (χ2v) is 17.3. The predicted octanol–water partition coefficient (Wildman–Crippen LogP) is -1.64. The highest BCUT2D eigenvalue weighted by atomic mass is 32.2. The van der Waals surface area contributed by atoms with Gasteiger partial charge in [-0.25, -0.2) is 0 Å². The molecule has 346 valence electrons. The highest BCUT2D eigenvalue weighted by Crippen LogP contribution is 2.17. The fourth-order valence-corrected chi connectivity index (χ4v) is 7.67. The molecule has 7 amide bonds. The normalized spacial score (nSPS) is 22.7. The lowest BCUT2D eigenvalue weighted by Crippen LogP contribution is -2.62. The number of nitrogens with two attached hydrogens (primary N) is 1. The van der Waals surface area contributed by atoms with E-state index < -0.39 is 113 Å². The van der Waals surface area contributed by atoms with E-state index in [2.05, 4.69) is 37.2 Å². The second-order valence-electron chi connectivity index (χ2n) is 15.3. The SMILES string of the molecule is CC[C@H](C)[C@@H]1NC(=O)[C@H](Cc2ccccc2)NC(=O)[C@H](C)NC(=O)[C@@H](NC(=O)[C@@H](NC(=O)[C@H](CO)NC(=O)[C@@H](N)Cc2ccc(O)cc2)[C@@H](C)O)CSC(=O)C(CCSC)NC1=O. The van der Waals surface area contributed by atoms with Gasteiger partial charge in [-0.1, -0.05) is 74.5 Å². The molecule has 63 heavy (non-hydrogen) atoms. The van der Waals surface area contributed by atoms with Gasteiger partial charge in [0.15, 0.2) is 0 Å². The molecule has 1 aliphatic rings. The van der Waals surface area contributed by atoms with Crippen molar-refractivity contribution in [1.82, 2.24) is 37.2 Å². The van der Waals surface area contributed by atoms with Crippen molar-refractivity contribution in [2.45, 2.75) is 108 Å². The van der Waals surface area contributed by atoms with E-state index in [0.29, 0.717) is 35.1 Å². The molecule has 2 aromatic rings. The lowest BCUT2D eigenvalue weighted by molar-refractivity contribution is -0.136. The van der Waals surface area contributed by atoms with Crippen molar-refractivity contribution in [2.75, 3.05) is 24.4 Å². The van der Waals surface area contributed by atoms with Crippen molar-refractivity contribution < 1.29 is 53.7 Å². The fraction of sp³-hybridized carbons (Fsp3) is 0.524. The minimum atomic E-state index is -1.77. The summed E-state index contributed by atoms with van der Waals surface area (Å²) in [5.74, 6) is -6.38. The number of rotatable bonds is 17. The largest absolute Gasteiger partial charge is 0.508 e. The smallest absolute Gasteiger partial charge is 0.245 e. The topological polar surface area (TPSA) is 307 Å². The summed E-state index contributed by atoms with van der Waals surface area (Å²) >= 11 is 2.04.